The van der Waals surface area contributed by atoms with Crippen molar-refractivity contribution in [3.05, 3.63) is 68.5 Å². The topological polar surface area (TPSA) is 67.8 Å². The molecule has 2 amide bonds. The van der Waals surface area contributed by atoms with Crippen molar-refractivity contribution in [2.45, 2.75) is 13.5 Å². The maximum Gasteiger partial charge on any atom is 0.286 e. The predicted molar refractivity (Wildman–Crippen MR) is 109 cm³/mol. The van der Waals surface area contributed by atoms with Crippen molar-refractivity contribution in [3.8, 4) is 5.75 Å². The minimum Gasteiger partial charge on any atom is -0.489 e. The summed E-state index contributed by atoms with van der Waals surface area (Å²) < 4.78 is 5.78. The summed E-state index contributed by atoms with van der Waals surface area (Å²) in [5.41, 5.74) is 1.68. The van der Waals surface area contributed by atoms with Crippen LogP contribution in [0.1, 0.15) is 18.1 Å². The molecule has 138 valence electrons. The van der Waals surface area contributed by atoms with Crippen LogP contribution < -0.4 is 10.1 Å². The zero-order valence-corrected chi connectivity index (χ0v) is 16.5. The average molecular weight is 421 g/mol. The number of nitrogens with zero attached hydrogens (tertiary/aromatic N) is 1. The lowest BCUT2D eigenvalue weighted by molar-refractivity contribution is -0.117. The Bertz CT molecular complexity index is 973. The van der Waals surface area contributed by atoms with Crippen LogP contribution in [0.4, 0.5) is 0 Å². The van der Waals surface area contributed by atoms with Gasteiger partial charge < -0.3 is 10.1 Å². The SMILES string of the molecule is CC(=O)NC1=NC(=O)/C(=C\c2cccc(OCc3ccc(Cl)c(Cl)c3)c2)S1. The largest absolute Gasteiger partial charge is 0.489 e. The van der Waals surface area contributed by atoms with Gasteiger partial charge in [0.1, 0.15) is 12.4 Å². The summed E-state index contributed by atoms with van der Waals surface area (Å²) in [6.45, 7) is 1.70. The van der Waals surface area contributed by atoms with E-state index in [9.17, 15) is 9.59 Å². The van der Waals surface area contributed by atoms with Crippen LogP contribution in [0.15, 0.2) is 52.4 Å². The number of benzene rings is 2. The summed E-state index contributed by atoms with van der Waals surface area (Å²) in [6, 6.07) is 12.6. The molecule has 5 nitrogen and oxygen atoms in total. The molecule has 0 radical (unpaired) electrons. The highest BCUT2D eigenvalue weighted by atomic mass is 35.5. The summed E-state index contributed by atoms with van der Waals surface area (Å²) in [5.74, 6) is -0.00671. The summed E-state index contributed by atoms with van der Waals surface area (Å²) in [5, 5.41) is 3.77. The van der Waals surface area contributed by atoms with Crippen LogP contribution in [0.5, 0.6) is 5.75 Å². The first-order valence-corrected chi connectivity index (χ1v) is 9.45. The fourth-order valence-corrected chi connectivity index (χ4v) is 3.44. The van der Waals surface area contributed by atoms with Crippen molar-refractivity contribution < 1.29 is 14.3 Å². The Balaban J connectivity index is 1.68. The summed E-state index contributed by atoms with van der Waals surface area (Å²) in [4.78, 5) is 27.3. The number of amidine groups is 1. The highest BCUT2D eigenvalue weighted by molar-refractivity contribution is 8.18. The fraction of sp³-hybridized carbons (Fsp3) is 0.105. The van der Waals surface area contributed by atoms with Crippen LogP contribution >= 0.6 is 35.0 Å². The number of carbonyl (C=O) groups is 2. The number of hydrogen-bond acceptors (Lipinski definition) is 4. The second-order valence-corrected chi connectivity index (χ2v) is 7.47. The van der Waals surface area contributed by atoms with E-state index in [-0.39, 0.29) is 17.0 Å². The van der Waals surface area contributed by atoms with Gasteiger partial charge in [0.25, 0.3) is 5.91 Å². The molecule has 1 heterocycles. The molecule has 0 bridgehead atoms. The number of thioether (sulfide) groups is 1. The minimum absolute atomic E-state index is 0.270. The van der Waals surface area contributed by atoms with Crippen LogP contribution in [0, 0.1) is 0 Å². The highest BCUT2D eigenvalue weighted by Crippen LogP contribution is 2.28. The van der Waals surface area contributed by atoms with Gasteiger partial charge in [0.15, 0.2) is 5.17 Å². The molecule has 0 saturated heterocycles. The molecule has 0 aliphatic carbocycles. The van der Waals surface area contributed by atoms with E-state index in [0.717, 1.165) is 22.9 Å². The first-order chi connectivity index (χ1) is 12.9. The van der Waals surface area contributed by atoms with Crippen molar-refractivity contribution in [3.63, 3.8) is 0 Å². The van der Waals surface area contributed by atoms with Gasteiger partial charge in [0.05, 0.1) is 15.0 Å². The number of carbonyl (C=O) groups excluding carboxylic acids is 2. The third-order valence-electron chi connectivity index (χ3n) is 3.45. The van der Waals surface area contributed by atoms with Crippen LogP contribution in [0.3, 0.4) is 0 Å². The highest BCUT2D eigenvalue weighted by Gasteiger charge is 2.22. The molecule has 1 N–H and O–H groups in total. The van der Waals surface area contributed by atoms with Crippen LogP contribution in [-0.2, 0) is 16.2 Å². The van der Waals surface area contributed by atoms with Gasteiger partial charge in [-0.1, -0.05) is 41.4 Å². The van der Waals surface area contributed by atoms with Gasteiger partial charge in [0.2, 0.25) is 5.91 Å². The van der Waals surface area contributed by atoms with Gasteiger partial charge in [-0.2, -0.15) is 4.99 Å². The van der Waals surface area contributed by atoms with E-state index in [1.54, 1.807) is 18.2 Å². The normalized spacial score (nSPS) is 15.0. The lowest BCUT2D eigenvalue weighted by atomic mass is 10.2. The molecular formula is C19H14Cl2N2O3S. The number of halogens is 2. The molecular weight excluding hydrogens is 407 g/mol. The molecule has 2 aromatic carbocycles. The number of nitrogens with one attached hydrogen (secondary N) is 1. The van der Waals surface area contributed by atoms with Crippen LogP contribution in [0.2, 0.25) is 10.0 Å². The predicted octanol–water partition coefficient (Wildman–Crippen LogP) is 4.68. The Morgan fingerprint density at radius 3 is 2.78 bits per heavy atom. The van der Waals surface area contributed by atoms with E-state index in [4.69, 9.17) is 27.9 Å². The van der Waals surface area contributed by atoms with E-state index in [2.05, 4.69) is 10.3 Å². The first kappa shape index (κ1) is 19.5. The van der Waals surface area contributed by atoms with Gasteiger partial charge in [-0.25, -0.2) is 0 Å². The molecule has 0 spiro atoms. The smallest absolute Gasteiger partial charge is 0.286 e. The lowest BCUT2D eigenvalue weighted by Gasteiger charge is -2.08. The molecule has 0 atom stereocenters. The third-order valence-corrected chi connectivity index (χ3v) is 5.09. The quantitative estimate of drug-likeness (QED) is 0.729. The molecule has 0 saturated carbocycles. The standard InChI is InChI=1S/C19H14Cl2N2O3S/c1-11(24)22-19-23-18(25)17(27-19)9-12-3-2-4-14(7-12)26-10-13-5-6-15(20)16(21)8-13/h2-9H,10H2,1H3,(H,22,23,24,25)/b17-9+. The maximum absolute atomic E-state index is 11.9. The molecule has 1 aliphatic rings. The molecule has 0 aromatic heterocycles. The molecule has 2 aromatic rings. The summed E-state index contributed by atoms with van der Waals surface area (Å²) >= 11 is 13.0. The molecule has 8 heteroatoms. The van der Waals surface area contributed by atoms with Gasteiger partial charge in [-0.3, -0.25) is 9.59 Å². The fourth-order valence-electron chi connectivity index (χ4n) is 2.25. The Hall–Kier alpha value is -2.28. The first-order valence-electron chi connectivity index (χ1n) is 7.87. The van der Waals surface area contributed by atoms with Gasteiger partial charge in [0, 0.05) is 6.92 Å². The lowest BCUT2D eigenvalue weighted by Crippen LogP contribution is -2.23. The Kier molecular flexibility index (Phi) is 6.21. The van der Waals surface area contributed by atoms with Crippen molar-refractivity contribution >= 4 is 58.0 Å². The molecule has 27 heavy (non-hydrogen) atoms. The number of rotatable bonds is 4. The Morgan fingerprint density at radius 1 is 1.22 bits per heavy atom. The summed E-state index contributed by atoms with van der Waals surface area (Å²) in [6.07, 6.45) is 1.71. The third kappa shape index (κ3) is 5.35. The summed E-state index contributed by atoms with van der Waals surface area (Å²) in [7, 11) is 0. The van der Waals surface area contributed by atoms with Gasteiger partial charge in [-0.05, 0) is 53.2 Å². The second kappa shape index (κ2) is 8.61. The molecule has 3 rings (SSSR count). The number of amides is 2. The number of ether oxygens (including phenoxy) is 1. The van der Waals surface area contributed by atoms with E-state index in [0.29, 0.717) is 27.3 Å². The van der Waals surface area contributed by atoms with Crippen LogP contribution in [-0.4, -0.2) is 17.0 Å². The average Bonchev–Trinajstić information content (AvgIpc) is 2.94. The van der Waals surface area contributed by atoms with Crippen molar-refractivity contribution in [2.75, 3.05) is 0 Å². The zero-order valence-electron chi connectivity index (χ0n) is 14.2. The monoisotopic (exact) mass is 420 g/mol. The van der Waals surface area contributed by atoms with E-state index in [1.165, 1.54) is 6.92 Å². The maximum atomic E-state index is 11.9. The van der Waals surface area contributed by atoms with Crippen molar-refractivity contribution in [2.24, 2.45) is 4.99 Å². The number of hydrogen-bond donors (Lipinski definition) is 1. The van der Waals surface area contributed by atoms with Crippen molar-refractivity contribution in [1.82, 2.24) is 5.32 Å². The van der Waals surface area contributed by atoms with E-state index < -0.39 is 0 Å². The van der Waals surface area contributed by atoms with E-state index >= 15 is 0 Å². The molecule has 0 unspecified atom stereocenters. The van der Waals surface area contributed by atoms with E-state index in [1.807, 2.05) is 30.3 Å². The Labute approximate surface area is 170 Å². The van der Waals surface area contributed by atoms with Crippen molar-refractivity contribution in [1.29, 1.82) is 0 Å². The van der Waals surface area contributed by atoms with Crippen LogP contribution in [0.25, 0.3) is 6.08 Å². The second-order valence-electron chi connectivity index (χ2n) is 5.62. The van der Waals surface area contributed by atoms with Gasteiger partial charge in [-0.15, -0.1) is 0 Å². The minimum atomic E-state index is -0.383. The number of aliphatic imine (C=N–C) groups is 1. The zero-order chi connectivity index (χ0) is 19.4. The molecule has 1 aliphatic heterocycles. The molecule has 0 fully saturated rings. The Morgan fingerprint density at radius 2 is 2.04 bits per heavy atom. The van der Waals surface area contributed by atoms with Gasteiger partial charge >= 0.3 is 0 Å².